The summed E-state index contributed by atoms with van der Waals surface area (Å²) in [5, 5.41) is 5.07. The fourth-order valence-electron chi connectivity index (χ4n) is 6.35. The summed E-state index contributed by atoms with van der Waals surface area (Å²) in [5.41, 5.74) is 3.94. The second-order valence-corrected chi connectivity index (χ2v) is 13.0. The lowest BCUT2D eigenvalue weighted by Gasteiger charge is -2.29. The summed E-state index contributed by atoms with van der Waals surface area (Å²) in [6, 6.07) is 13.0. The van der Waals surface area contributed by atoms with E-state index in [2.05, 4.69) is 19.9 Å². The maximum Gasteiger partial charge on any atom is 0.338 e. The molecule has 1 fully saturated rings. The van der Waals surface area contributed by atoms with Gasteiger partial charge in [-0.3, -0.25) is 9.59 Å². The SMILES string of the molecule is CCCCN(CCCC)C(=O)c1nn(-c2ccc(C(=O)OCC)cc2C(=O)N2CCc3ccccc3C2)c(CCOC2CCCCO2)c1Cl. The van der Waals surface area contributed by atoms with E-state index >= 15 is 0 Å². The number of carbonyl (C=O) groups is 3. The third kappa shape index (κ3) is 8.90. The lowest BCUT2D eigenvalue weighted by atomic mass is 9.98. The Morgan fingerprint density at radius 1 is 1.02 bits per heavy atom. The number of unbranched alkanes of at least 4 members (excludes halogenated alkanes) is 2. The molecule has 0 bridgehead atoms. The highest BCUT2D eigenvalue weighted by Crippen LogP contribution is 2.30. The number of hydrogen-bond donors (Lipinski definition) is 0. The summed E-state index contributed by atoms with van der Waals surface area (Å²) in [4.78, 5) is 45.0. The number of hydrogen-bond acceptors (Lipinski definition) is 7. The Labute approximate surface area is 294 Å². The molecular weight excluding hydrogens is 644 g/mol. The highest BCUT2D eigenvalue weighted by atomic mass is 35.5. The van der Waals surface area contributed by atoms with Crippen LogP contribution in [0.1, 0.15) is 114 Å². The van der Waals surface area contributed by atoms with Crippen LogP contribution in [0.2, 0.25) is 5.02 Å². The van der Waals surface area contributed by atoms with Gasteiger partial charge in [0.25, 0.3) is 11.8 Å². The van der Waals surface area contributed by atoms with Crippen LogP contribution in [-0.4, -0.2) is 83.1 Å². The molecule has 1 aromatic heterocycles. The highest BCUT2D eigenvalue weighted by Gasteiger charge is 2.30. The van der Waals surface area contributed by atoms with E-state index in [0.717, 1.165) is 56.9 Å². The number of carbonyl (C=O) groups excluding carboxylic acids is 3. The topological polar surface area (TPSA) is 103 Å². The molecule has 11 heteroatoms. The van der Waals surface area contributed by atoms with Crippen molar-refractivity contribution in [2.24, 2.45) is 0 Å². The summed E-state index contributed by atoms with van der Waals surface area (Å²) >= 11 is 7.08. The number of nitrogens with zero attached hydrogens (tertiary/aromatic N) is 4. The molecule has 2 aliphatic rings. The van der Waals surface area contributed by atoms with Crippen LogP contribution in [0.4, 0.5) is 0 Å². The summed E-state index contributed by atoms with van der Waals surface area (Å²) in [7, 11) is 0. The molecule has 2 aliphatic heterocycles. The minimum absolute atomic E-state index is 0.137. The molecule has 0 N–H and O–H groups in total. The van der Waals surface area contributed by atoms with Gasteiger partial charge in [-0.25, -0.2) is 9.48 Å². The van der Waals surface area contributed by atoms with Crippen LogP contribution < -0.4 is 0 Å². The number of fused-ring (bicyclic) bond motifs is 1. The second kappa shape index (κ2) is 17.8. The van der Waals surface area contributed by atoms with Crippen molar-refractivity contribution in [3.05, 3.63) is 81.1 Å². The van der Waals surface area contributed by atoms with E-state index in [1.54, 1.807) is 34.7 Å². The van der Waals surface area contributed by atoms with Gasteiger partial charge in [0.2, 0.25) is 0 Å². The van der Waals surface area contributed by atoms with Crippen LogP contribution in [0.25, 0.3) is 5.69 Å². The molecule has 49 heavy (non-hydrogen) atoms. The molecule has 1 unspecified atom stereocenters. The van der Waals surface area contributed by atoms with Gasteiger partial charge >= 0.3 is 5.97 Å². The maximum atomic E-state index is 14.4. The van der Waals surface area contributed by atoms with Gasteiger partial charge in [-0.1, -0.05) is 62.6 Å². The van der Waals surface area contributed by atoms with E-state index in [-0.39, 0.29) is 53.2 Å². The molecule has 10 nitrogen and oxygen atoms in total. The monoisotopic (exact) mass is 692 g/mol. The van der Waals surface area contributed by atoms with Crippen LogP contribution in [0.15, 0.2) is 42.5 Å². The van der Waals surface area contributed by atoms with E-state index in [1.165, 1.54) is 5.56 Å². The molecule has 264 valence electrons. The number of aromatic nitrogens is 2. The molecule has 0 spiro atoms. The molecule has 5 rings (SSSR count). The standard InChI is InChI=1S/C38H49ClN4O6/c1-4-7-20-41(21-8-5-2)37(45)35-34(39)32(19-24-49-33-15-11-12-23-48-33)43(40-35)31-17-16-28(38(46)47-6-3)25-30(31)36(44)42-22-18-27-13-9-10-14-29(27)26-42/h9-10,13-14,16-17,25,33H,4-8,11-12,15,18-24,26H2,1-3H3. The predicted molar refractivity (Wildman–Crippen MR) is 188 cm³/mol. The zero-order chi connectivity index (χ0) is 34.8. The fraction of sp³-hybridized carbons (Fsp3) is 0.526. The Bertz CT molecular complexity index is 1590. The average Bonchev–Trinajstić information content (AvgIpc) is 3.46. The molecule has 0 radical (unpaired) electrons. The van der Waals surface area contributed by atoms with E-state index < -0.39 is 5.97 Å². The first-order chi connectivity index (χ1) is 23.9. The predicted octanol–water partition coefficient (Wildman–Crippen LogP) is 7.03. The van der Waals surface area contributed by atoms with Gasteiger partial charge in [-0.2, -0.15) is 5.10 Å². The molecule has 2 amide bonds. The van der Waals surface area contributed by atoms with Crippen LogP contribution >= 0.6 is 11.6 Å². The van der Waals surface area contributed by atoms with Crippen molar-refractivity contribution in [3.63, 3.8) is 0 Å². The van der Waals surface area contributed by atoms with Crippen LogP contribution in [0, 0.1) is 0 Å². The number of amides is 2. The Morgan fingerprint density at radius 2 is 1.78 bits per heavy atom. The maximum absolute atomic E-state index is 14.4. The van der Waals surface area contributed by atoms with E-state index in [0.29, 0.717) is 50.6 Å². The van der Waals surface area contributed by atoms with Crippen LogP contribution in [0.3, 0.4) is 0 Å². The Morgan fingerprint density at radius 3 is 2.47 bits per heavy atom. The fourth-order valence-corrected chi connectivity index (χ4v) is 6.64. The van der Waals surface area contributed by atoms with Crippen LogP contribution in [-0.2, 0) is 33.6 Å². The largest absolute Gasteiger partial charge is 0.462 e. The quantitative estimate of drug-likeness (QED) is 0.158. The lowest BCUT2D eigenvalue weighted by Crippen LogP contribution is -2.36. The van der Waals surface area contributed by atoms with Gasteiger partial charge in [-0.05, 0) is 74.8 Å². The molecule has 0 saturated carbocycles. The number of rotatable bonds is 15. The Hall–Kier alpha value is -3.73. The molecule has 2 aromatic carbocycles. The van der Waals surface area contributed by atoms with Gasteiger partial charge in [0.15, 0.2) is 12.0 Å². The molecule has 3 aromatic rings. The first-order valence-corrected chi connectivity index (χ1v) is 18.2. The van der Waals surface area contributed by atoms with Gasteiger partial charge in [0.05, 0.1) is 40.7 Å². The summed E-state index contributed by atoms with van der Waals surface area (Å²) in [5.74, 6) is -1.02. The zero-order valence-electron chi connectivity index (χ0n) is 29.0. The first-order valence-electron chi connectivity index (χ1n) is 17.8. The second-order valence-electron chi connectivity index (χ2n) is 12.6. The zero-order valence-corrected chi connectivity index (χ0v) is 29.8. The van der Waals surface area contributed by atoms with E-state index in [4.69, 9.17) is 30.9 Å². The van der Waals surface area contributed by atoms with Gasteiger partial charge < -0.3 is 24.0 Å². The van der Waals surface area contributed by atoms with Gasteiger partial charge in [0.1, 0.15) is 0 Å². The molecule has 1 saturated heterocycles. The van der Waals surface area contributed by atoms with Crippen molar-refractivity contribution in [1.82, 2.24) is 19.6 Å². The molecular formula is C38H49ClN4O6. The Balaban J connectivity index is 1.57. The van der Waals surface area contributed by atoms with Gasteiger partial charge in [-0.15, -0.1) is 0 Å². The summed E-state index contributed by atoms with van der Waals surface area (Å²) < 4.78 is 18.8. The minimum atomic E-state index is -0.523. The van der Waals surface area contributed by atoms with E-state index in [1.807, 2.05) is 23.1 Å². The smallest absolute Gasteiger partial charge is 0.338 e. The van der Waals surface area contributed by atoms with Crippen LogP contribution in [0.5, 0.6) is 0 Å². The molecule has 3 heterocycles. The normalized spacial score (nSPS) is 15.9. The van der Waals surface area contributed by atoms with Crippen molar-refractivity contribution >= 4 is 29.4 Å². The van der Waals surface area contributed by atoms with Gasteiger partial charge in [0, 0.05) is 39.2 Å². The molecule has 1 atom stereocenters. The summed E-state index contributed by atoms with van der Waals surface area (Å²) in [6.45, 7) is 9.24. The Kier molecular flexibility index (Phi) is 13.3. The first kappa shape index (κ1) is 36.5. The highest BCUT2D eigenvalue weighted by molar-refractivity contribution is 6.34. The number of esters is 1. The minimum Gasteiger partial charge on any atom is -0.462 e. The van der Waals surface area contributed by atoms with Crippen molar-refractivity contribution in [2.45, 2.75) is 91.4 Å². The van der Waals surface area contributed by atoms with Crippen molar-refractivity contribution in [1.29, 1.82) is 0 Å². The third-order valence-corrected chi connectivity index (χ3v) is 9.53. The third-order valence-electron chi connectivity index (χ3n) is 9.13. The number of ether oxygens (including phenoxy) is 3. The van der Waals surface area contributed by atoms with Crippen molar-refractivity contribution < 1.29 is 28.6 Å². The van der Waals surface area contributed by atoms with Crippen molar-refractivity contribution in [2.75, 3.05) is 39.5 Å². The average molecular weight is 693 g/mol. The van der Waals surface area contributed by atoms with E-state index in [9.17, 15) is 14.4 Å². The number of benzene rings is 2. The number of halogens is 1. The molecule has 0 aliphatic carbocycles. The summed E-state index contributed by atoms with van der Waals surface area (Å²) in [6.07, 6.45) is 7.23. The lowest BCUT2D eigenvalue weighted by molar-refractivity contribution is -0.161. The van der Waals surface area contributed by atoms with Crippen molar-refractivity contribution in [3.8, 4) is 5.69 Å².